The number of thioether (sulfide) groups is 1. The maximum atomic E-state index is 12.1. The quantitative estimate of drug-likeness (QED) is 0.287. The van der Waals surface area contributed by atoms with Crippen molar-refractivity contribution in [3.05, 3.63) is 29.3 Å². The molecule has 1 aromatic carbocycles. The van der Waals surface area contributed by atoms with Crippen LogP contribution in [0.3, 0.4) is 0 Å². The molecule has 0 aliphatic carbocycles. The smallest absolute Gasteiger partial charge is 0.241 e. The van der Waals surface area contributed by atoms with Gasteiger partial charge in [0.2, 0.25) is 5.91 Å². The zero-order valence-electron chi connectivity index (χ0n) is 15.3. The van der Waals surface area contributed by atoms with Crippen LogP contribution >= 0.6 is 35.7 Å². The van der Waals surface area contributed by atoms with Gasteiger partial charge < -0.3 is 15.5 Å². The van der Waals surface area contributed by atoms with Crippen LogP contribution in [-0.2, 0) is 11.3 Å². The lowest BCUT2D eigenvalue weighted by atomic mass is 10.1. The molecule has 2 rings (SSSR count). The number of halogens is 1. The van der Waals surface area contributed by atoms with Gasteiger partial charge in [0.25, 0.3) is 0 Å². The molecule has 1 aromatic rings. The lowest BCUT2D eigenvalue weighted by Gasteiger charge is -2.17. The van der Waals surface area contributed by atoms with Gasteiger partial charge in [-0.3, -0.25) is 4.79 Å². The third kappa shape index (κ3) is 7.05. The molecule has 1 fully saturated rings. The number of hydrogen-bond acceptors (Lipinski definition) is 3. The Labute approximate surface area is 172 Å². The number of nitrogens with zero attached hydrogens (tertiary/aromatic N) is 2. The fourth-order valence-corrected chi connectivity index (χ4v) is 3.42. The molecule has 0 radical (unpaired) electrons. The van der Waals surface area contributed by atoms with E-state index in [4.69, 9.17) is 0 Å². The van der Waals surface area contributed by atoms with Crippen LogP contribution in [0.15, 0.2) is 28.1 Å². The number of guanidine groups is 1. The minimum Gasteiger partial charge on any atom is -0.357 e. The summed E-state index contributed by atoms with van der Waals surface area (Å²) in [5, 5.41) is 6.37. The van der Waals surface area contributed by atoms with Gasteiger partial charge in [0.15, 0.2) is 5.96 Å². The largest absolute Gasteiger partial charge is 0.357 e. The van der Waals surface area contributed by atoms with E-state index in [2.05, 4.69) is 47.0 Å². The SMILES string of the molecule is CCNC(=NCc1ccc(C)cc1SC)NCC(=O)N1CCCC1.I. The van der Waals surface area contributed by atoms with E-state index in [9.17, 15) is 4.79 Å². The topological polar surface area (TPSA) is 56.7 Å². The summed E-state index contributed by atoms with van der Waals surface area (Å²) >= 11 is 1.74. The first-order valence-electron chi connectivity index (χ1n) is 8.57. The van der Waals surface area contributed by atoms with E-state index >= 15 is 0 Å². The summed E-state index contributed by atoms with van der Waals surface area (Å²) in [6, 6.07) is 6.43. The minimum atomic E-state index is 0. The Morgan fingerprint density at radius 3 is 2.64 bits per heavy atom. The zero-order chi connectivity index (χ0) is 17.4. The highest BCUT2D eigenvalue weighted by Gasteiger charge is 2.17. The highest BCUT2D eigenvalue weighted by molar-refractivity contribution is 14.0. The molecule has 25 heavy (non-hydrogen) atoms. The lowest BCUT2D eigenvalue weighted by Crippen LogP contribution is -2.44. The van der Waals surface area contributed by atoms with Crippen molar-refractivity contribution in [1.29, 1.82) is 0 Å². The van der Waals surface area contributed by atoms with Crippen LogP contribution < -0.4 is 10.6 Å². The van der Waals surface area contributed by atoms with Crippen LogP contribution in [0.5, 0.6) is 0 Å². The molecule has 0 spiro atoms. The normalized spacial score (nSPS) is 14.2. The molecule has 0 aromatic heterocycles. The van der Waals surface area contributed by atoms with Crippen molar-refractivity contribution in [1.82, 2.24) is 15.5 Å². The predicted molar refractivity (Wildman–Crippen MR) is 117 cm³/mol. The third-order valence-electron chi connectivity index (χ3n) is 4.06. The fourth-order valence-electron chi connectivity index (χ4n) is 2.73. The van der Waals surface area contributed by atoms with Crippen molar-refractivity contribution in [2.75, 3.05) is 32.4 Å². The van der Waals surface area contributed by atoms with Crippen molar-refractivity contribution < 1.29 is 4.79 Å². The molecular formula is C18H29IN4OS. The molecule has 0 unspecified atom stereocenters. The molecule has 0 atom stereocenters. The van der Waals surface area contributed by atoms with E-state index in [0.29, 0.717) is 19.0 Å². The molecular weight excluding hydrogens is 447 g/mol. The molecule has 1 aliphatic heterocycles. The van der Waals surface area contributed by atoms with Gasteiger partial charge in [-0.15, -0.1) is 35.7 Å². The summed E-state index contributed by atoms with van der Waals surface area (Å²) in [7, 11) is 0. The Kier molecular flexibility index (Phi) is 10.3. The van der Waals surface area contributed by atoms with Crippen LogP contribution in [0.1, 0.15) is 30.9 Å². The third-order valence-corrected chi connectivity index (χ3v) is 4.88. The van der Waals surface area contributed by atoms with Crippen LogP contribution in [-0.4, -0.2) is 49.2 Å². The van der Waals surface area contributed by atoms with Gasteiger partial charge in [0.1, 0.15) is 0 Å². The molecule has 1 amide bonds. The predicted octanol–water partition coefficient (Wildman–Crippen LogP) is 3.01. The highest BCUT2D eigenvalue weighted by Crippen LogP contribution is 2.22. The average molecular weight is 476 g/mol. The fraction of sp³-hybridized carbons (Fsp3) is 0.556. The number of carbonyl (C=O) groups is 1. The minimum absolute atomic E-state index is 0. The second-order valence-electron chi connectivity index (χ2n) is 5.95. The summed E-state index contributed by atoms with van der Waals surface area (Å²) in [5.41, 5.74) is 2.46. The van der Waals surface area contributed by atoms with Gasteiger partial charge >= 0.3 is 0 Å². The Hall–Kier alpha value is -0.960. The first-order chi connectivity index (χ1) is 11.6. The molecule has 0 bridgehead atoms. The second kappa shape index (κ2) is 11.6. The van der Waals surface area contributed by atoms with Gasteiger partial charge in [-0.2, -0.15) is 0 Å². The molecule has 140 valence electrons. The van der Waals surface area contributed by atoms with Crippen LogP contribution in [0.4, 0.5) is 0 Å². The number of amides is 1. The Balaban J connectivity index is 0.00000312. The van der Waals surface area contributed by atoms with Crippen molar-refractivity contribution in [2.24, 2.45) is 4.99 Å². The van der Waals surface area contributed by atoms with E-state index in [0.717, 1.165) is 32.5 Å². The lowest BCUT2D eigenvalue weighted by molar-refractivity contribution is -0.128. The van der Waals surface area contributed by atoms with E-state index in [1.807, 2.05) is 11.8 Å². The number of carbonyl (C=O) groups excluding carboxylic acids is 1. The molecule has 1 saturated heterocycles. The number of aliphatic imine (C=N–C) groups is 1. The first kappa shape index (κ1) is 22.1. The number of aryl methyl sites for hydroxylation is 1. The summed E-state index contributed by atoms with van der Waals surface area (Å²) < 4.78 is 0. The van der Waals surface area contributed by atoms with Crippen molar-refractivity contribution in [2.45, 2.75) is 38.1 Å². The first-order valence-corrected chi connectivity index (χ1v) is 9.80. The van der Waals surface area contributed by atoms with Crippen molar-refractivity contribution in [3.63, 3.8) is 0 Å². The summed E-state index contributed by atoms with van der Waals surface area (Å²) in [5.74, 6) is 0.843. The number of nitrogens with one attached hydrogen (secondary N) is 2. The monoisotopic (exact) mass is 476 g/mol. The van der Waals surface area contributed by atoms with Crippen LogP contribution in [0.25, 0.3) is 0 Å². The number of benzene rings is 1. The molecule has 5 nitrogen and oxygen atoms in total. The van der Waals surface area contributed by atoms with Gasteiger partial charge in [-0.25, -0.2) is 4.99 Å². The van der Waals surface area contributed by atoms with Crippen molar-refractivity contribution >= 4 is 47.6 Å². The second-order valence-corrected chi connectivity index (χ2v) is 6.80. The van der Waals surface area contributed by atoms with Gasteiger partial charge in [0.05, 0.1) is 13.1 Å². The maximum Gasteiger partial charge on any atom is 0.241 e. The van der Waals surface area contributed by atoms with E-state index in [1.54, 1.807) is 11.8 Å². The Bertz CT molecular complexity index is 588. The molecule has 0 saturated carbocycles. The molecule has 1 heterocycles. The van der Waals surface area contributed by atoms with Gasteiger partial charge in [0, 0.05) is 24.5 Å². The summed E-state index contributed by atoms with van der Waals surface area (Å²) in [6.07, 6.45) is 4.32. The van der Waals surface area contributed by atoms with Crippen LogP contribution in [0, 0.1) is 6.92 Å². The summed E-state index contributed by atoms with van der Waals surface area (Å²) in [6.45, 7) is 7.57. The van der Waals surface area contributed by atoms with Crippen molar-refractivity contribution in [3.8, 4) is 0 Å². The molecule has 1 aliphatic rings. The Morgan fingerprint density at radius 1 is 1.28 bits per heavy atom. The standard InChI is InChI=1S/C18H28N4OS.HI/c1-4-19-18(21-13-17(23)22-9-5-6-10-22)20-12-15-8-7-14(2)11-16(15)24-3;/h7-8,11H,4-6,9-10,12-13H2,1-3H3,(H2,19,20,21);1H. The van der Waals surface area contributed by atoms with E-state index in [1.165, 1.54) is 16.0 Å². The van der Waals surface area contributed by atoms with Gasteiger partial charge in [-0.1, -0.05) is 12.1 Å². The Morgan fingerprint density at radius 2 is 2.00 bits per heavy atom. The maximum absolute atomic E-state index is 12.1. The average Bonchev–Trinajstić information content (AvgIpc) is 3.12. The number of hydrogen-bond donors (Lipinski definition) is 2. The van der Waals surface area contributed by atoms with Crippen LogP contribution in [0.2, 0.25) is 0 Å². The highest BCUT2D eigenvalue weighted by atomic mass is 127. The van der Waals surface area contributed by atoms with E-state index < -0.39 is 0 Å². The number of likely N-dealkylation sites (tertiary alicyclic amines) is 1. The van der Waals surface area contributed by atoms with E-state index in [-0.39, 0.29) is 29.9 Å². The molecule has 7 heteroatoms. The summed E-state index contributed by atoms with van der Waals surface area (Å²) in [4.78, 5) is 19.9. The number of rotatable bonds is 6. The zero-order valence-corrected chi connectivity index (χ0v) is 18.4. The van der Waals surface area contributed by atoms with Gasteiger partial charge in [-0.05, 0) is 50.1 Å². The molecule has 2 N–H and O–H groups in total.